The molecule has 3 amide bonds. The summed E-state index contributed by atoms with van der Waals surface area (Å²) in [6, 6.07) is -5.11. The number of nitrogens with two attached hydrogens (primary N) is 4. The molecule has 13 N–H and O–H groups in total. The van der Waals surface area contributed by atoms with E-state index in [1.165, 1.54) is 0 Å². The van der Waals surface area contributed by atoms with E-state index in [0.717, 1.165) is 0 Å². The highest BCUT2D eigenvalue weighted by atomic mass is 32.1. The van der Waals surface area contributed by atoms with Gasteiger partial charge in [-0.25, -0.2) is 4.79 Å². The molecule has 15 nitrogen and oxygen atoms in total. The zero-order valence-corrected chi connectivity index (χ0v) is 20.2. The number of thiol groups is 1. The molecule has 0 aliphatic carbocycles. The Morgan fingerprint density at radius 2 is 1.40 bits per heavy atom. The largest absolute Gasteiger partial charge is 0.481 e. The number of nitrogens with one attached hydrogen (secondary N) is 3. The van der Waals surface area contributed by atoms with Gasteiger partial charge in [0, 0.05) is 12.3 Å². The van der Waals surface area contributed by atoms with Gasteiger partial charge in [-0.15, -0.1) is 0 Å². The van der Waals surface area contributed by atoms with Gasteiger partial charge in [0.05, 0.1) is 12.5 Å². The molecule has 0 spiro atoms. The number of carbonyl (C=O) groups excluding carboxylic acids is 3. The Balaban J connectivity index is 5.19. The number of aliphatic carboxylic acids is 2. The maximum absolute atomic E-state index is 12.6. The number of hydrogen-bond acceptors (Lipinski definition) is 9. The van der Waals surface area contributed by atoms with Crippen LogP contribution < -0.4 is 38.9 Å². The van der Waals surface area contributed by atoms with E-state index in [0.29, 0.717) is 25.8 Å². The smallest absolute Gasteiger partial charge is 0.326 e. The Hall–Kier alpha value is -3.11. The predicted octanol–water partition coefficient (Wildman–Crippen LogP) is -3.56. The van der Waals surface area contributed by atoms with Crippen molar-refractivity contribution < 1.29 is 34.2 Å². The van der Waals surface area contributed by atoms with Crippen LogP contribution in [0.25, 0.3) is 0 Å². The van der Waals surface area contributed by atoms with Crippen LogP contribution in [0.3, 0.4) is 0 Å². The molecule has 4 unspecified atom stereocenters. The zero-order chi connectivity index (χ0) is 27.0. The van der Waals surface area contributed by atoms with Crippen LogP contribution >= 0.6 is 12.6 Å². The van der Waals surface area contributed by atoms with Crippen molar-refractivity contribution in [2.45, 2.75) is 62.7 Å². The minimum Gasteiger partial charge on any atom is -0.481 e. The van der Waals surface area contributed by atoms with Crippen LogP contribution in [-0.2, 0) is 24.0 Å². The first-order valence-corrected chi connectivity index (χ1v) is 11.5. The lowest BCUT2D eigenvalue weighted by Crippen LogP contribution is -2.58. The molecular formula is C19H36N8O7S. The normalized spacial score (nSPS) is 14.0. The summed E-state index contributed by atoms with van der Waals surface area (Å²) in [5, 5.41) is 25.3. The fourth-order valence-corrected chi connectivity index (χ4v) is 3.06. The van der Waals surface area contributed by atoms with Crippen LogP contribution in [0, 0.1) is 0 Å². The third-order valence-electron chi connectivity index (χ3n) is 4.69. The Labute approximate surface area is 208 Å². The molecule has 200 valence electrons. The van der Waals surface area contributed by atoms with Crippen LogP contribution in [0.15, 0.2) is 4.99 Å². The van der Waals surface area contributed by atoms with Gasteiger partial charge in [-0.3, -0.25) is 24.2 Å². The molecule has 0 aliphatic rings. The fraction of sp³-hybridized carbons (Fsp3) is 0.684. The number of carboxylic acids is 2. The lowest BCUT2D eigenvalue weighted by atomic mass is 10.1. The molecule has 4 atom stereocenters. The van der Waals surface area contributed by atoms with Crippen molar-refractivity contribution in [3.63, 3.8) is 0 Å². The van der Waals surface area contributed by atoms with Crippen molar-refractivity contribution in [3.05, 3.63) is 0 Å². The van der Waals surface area contributed by atoms with Crippen molar-refractivity contribution in [1.82, 2.24) is 16.0 Å². The SMILES string of the molecule is NCCCCC(N)C(=O)NC(CS)C(=O)NC(CC(=O)O)C(=O)NC(CCCN=C(N)N)C(=O)O. The van der Waals surface area contributed by atoms with Crippen molar-refractivity contribution in [2.75, 3.05) is 18.8 Å². The van der Waals surface area contributed by atoms with Gasteiger partial charge in [0.1, 0.15) is 18.1 Å². The topological polar surface area (TPSA) is 278 Å². The molecule has 0 rings (SSSR count). The second-order valence-corrected chi connectivity index (χ2v) is 8.01. The lowest BCUT2D eigenvalue weighted by Gasteiger charge is -2.23. The Bertz CT molecular complexity index is 763. The third kappa shape index (κ3) is 14.0. The van der Waals surface area contributed by atoms with Gasteiger partial charge in [0.15, 0.2) is 5.96 Å². The Morgan fingerprint density at radius 3 is 1.91 bits per heavy atom. The first-order valence-electron chi connectivity index (χ1n) is 10.9. The molecule has 0 aromatic rings. The first kappa shape index (κ1) is 31.9. The van der Waals surface area contributed by atoms with Gasteiger partial charge in [0.2, 0.25) is 17.7 Å². The zero-order valence-electron chi connectivity index (χ0n) is 19.3. The monoisotopic (exact) mass is 520 g/mol. The molecule has 0 aromatic heterocycles. The molecule has 0 radical (unpaired) electrons. The molecular weight excluding hydrogens is 484 g/mol. The number of hydrogen-bond donors (Lipinski definition) is 10. The summed E-state index contributed by atoms with van der Waals surface area (Å²) in [7, 11) is 0. The number of carboxylic acid groups (broad SMARTS) is 2. The molecule has 0 aliphatic heterocycles. The number of guanidine groups is 1. The van der Waals surface area contributed by atoms with Crippen molar-refractivity contribution in [2.24, 2.45) is 27.9 Å². The van der Waals surface area contributed by atoms with E-state index in [1.807, 2.05) is 0 Å². The minimum atomic E-state index is -1.61. The van der Waals surface area contributed by atoms with Crippen molar-refractivity contribution in [1.29, 1.82) is 0 Å². The highest BCUT2D eigenvalue weighted by Gasteiger charge is 2.31. The number of aliphatic imine (C=N–C) groups is 1. The highest BCUT2D eigenvalue weighted by molar-refractivity contribution is 7.80. The summed E-state index contributed by atoms with van der Waals surface area (Å²) in [5.74, 6) is -5.67. The predicted molar refractivity (Wildman–Crippen MR) is 130 cm³/mol. The summed E-state index contributed by atoms with van der Waals surface area (Å²) in [6.07, 6.45) is 0.959. The third-order valence-corrected chi connectivity index (χ3v) is 5.06. The standard InChI is InChI=1S/C19H36N8O7S/c20-6-2-1-4-10(21)15(30)27-13(9-35)17(32)26-12(8-14(28)29)16(31)25-11(18(33)34)5-3-7-24-19(22)23/h10-13,35H,1-9,20-21H2,(H,25,31)(H,26,32)(H,27,30)(H,28,29)(H,33,34)(H4,22,23,24). The van der Waals surface area contributed by atoms with Crippen LogP contribution in [0.5, 0.6) is 0 Å². The summed E-state index contributed by atoms with van der Waals surface area (Å²) < 4.78 is 0. The quantitative estimate of drug-likeness (QED) is 0.0365. The maximum atomic E-state index is 12.6. The average molecular weight is 521 g/mol. The van der Waals surface area contributed by atoms with Crippen molar-refractivity contribution in [3.8, 4) is 0 Å². The van der Waals surface area contributed by atoms with E-state index < -0.39 is 60.2 Å². The number of amides is 3. The number of rotatable bonds is 18. The molecule has 0 saturated carbocycles. The summed E-state index contributed by atoms with van der Waals surface area (Å²) in [6.45, 7) is 0.566. The molecule has 0 saturated heterocycles. The lowest BCUT2D eigenvalue weighted by molar-refractivity contribution is -0.143. The van der Waals surface area contributed by atoms with Gasteiger partial charge >= 0.3 is 11.9 Å². The van der Waals surface area contributed by atoms with E-state index in [9.17, 15) is 29.1 Å². The number of nitrogens with zero attached hydrogens (tertiary/aromatic N) is 1. The number of carbonyl (C=O) groups is 5. The van der Waals surface area contributed by atoms with E-state index >= 15 is 0 Å². The van der Waals surface area contributed by atoms with Gasteiger partial charge in [-0.2, -0.15) is 12.6 Å². The fourth-order valence-electron chi connectivity index (χ4n) is 2.80. The van der Waals surface area contributed by atoms with E-state index in [4.69, 9.17) is 28.0 Å². The maximum Gasteiger partial charge on any atom is 0.326 e. The van der Waals surface area contributed by atoms with Gasteiger partial charge in [-0.1, -0.05) is 6.42 Å². The van der Waals surface area contributed by atoms with Crippen LogP contribution in [0.4, 0.5) is 0 Å². The molecule has 0 bridgehead atoms. The molecule has 35 heavy (non-hydrogen) atoms. The summed E-state index contributed by atoms with van der Waals surface area (Å²) >= 11 is 4.02. The van der Waals surface area contributed by atoms with Crippen LogP contribution in [0.1, 0.15) is 38.5 Å². The van der Waals surface area contributed by atoms with Gasteiger partial charge in [-0.05, 0) is 32.2 Å². The summed E-state index contributed by atoms with van der Waals surface area (Å²) in [5.41, 5.74) is 21.6. The average Bonchev–Trinajstić information content (AvgIpc) is 2.77. The first-order chi connectivity index (χ1) is 16.4. The van der Waals surface area contributed by atoms with E-state index in [-0.39, 0.29) is 31.1 Å². The molecule has 0 heterocycles. The van der Waals surface area contributed by atoms with Crippen LogP contribution in [0.2, 0.25) is 0 Å². The molecule has 0 aromatic carbocycles. The van der Waals surface area contributed by atoms with Gasteiger partial charge < -0.3 is 49.1 Å². The second kappa shape index (κ2) is 17.3. The second-order valence-electron chi connectivity index (χ2n) is 7.64. The highest BCUT2D eigenvalue weighted by Crippen LogP contribution is 2.03. The molecule has 16 heteroatoms. The van der Waals surface area contributed by atoms with Crippen LogP contribution in [-0.4, -0.2) is 88.8 Å². The van der Waals surface area contributed by atoms with Gasteiger partial charge in [0.25, 0.3) is 0 Å². The number of unbranched alkanes of at least 4 members (excludes halogenated alkanes) is 1. The van der Waals surface area contributed by atoms with E-state index in [2.05, 4.69) is 33.6 Å². The minimum absolute atomic E-state index is 0.0526. The Morgan fingerprint density at radius 1 is 0.829 bits per heavy atom. The van der Waals surface area contributed by atoms with Crippen molar-refractivity contribution >= 4 is 48.2 Å². The summed E-state index contributed by atoms with van der Waals surface area (Å²) in [4.78, 5) is 63.9. The van der Waals surface area contributed by atoms with E-state index in [1.54, 1.807) is 0 Å². The Kier molecular flexibility index (Phi) is 15.8. The molecule has 0 fully saturated rings.